The fourth-order valence-electron chi connectivity index (χ4n) is 1.43. The van der Waals surface area contributed by atoms with Crippen LogP contribution in [-0.2, 0) is 17.1 Å². The van der Waals surface area contributed by atoms with E-state index in [2.05, 4.69) is 25.6 Å². The Kier molecular flexibility index (Phi) is 3.89. The van der Waals surface area contributed by atoms with E-state index in [1.54, 1.807) is 19.2 Å². The molecule has 1 aromatic heterocycles. The molecule has 19 heavy (non-hydrogen) atoms. The van der Waals surface area contributed by atoms with Gasteiger partial charge in [-0.1, -0.05) is 33.6 Å². The number of rotatable bonds is 3. The first-order valence-corrected chi connectivity index (χ1v) is 7.92. The van der Waals surface area contributed by atoms with Crippen LogP contribution in [0.15, 0.2) is 34.0 Å². The smallest absolute Gasteiger partial charge is 0.282 e. The van der Waals surface area contributed by atoms with Crippen molar-refractivity contribution in [1.82, 2.24) is 9.55 Å². The van der Waals surface area contributed by atoms with Crippen LogP contribution in [0.25, 0.3) is 0 Å². The first-order chi connectivity index (χ1) is 8.81. The summed E-state index contributed by atoms with van der Waals surface area (Å²) in [6.07, 6.45) is 1.35. The number of imidazole rings is 1. The summed E-state index contributed by atoms with van der Waals surface area (Å²) in [7, 11) is -2.17. The van der Waals surface area contributed by atoms with Crippen molar-refractivity contribution in [3.05, 3.63) is 39.7 Å². The molecule has 0 atom stereocenters. The molecule has 0 bridgehead atoms. The lowest BCUT2D eigenvalue weighted by Crippen LogP contribution is -2.14. The summed E-state index contributed by atoms with van der Waals surface area (Å²) >= 11 is 9.24. The van der Waals surface area contributed by atoms with Gasteiger partial charge in [-0.25, -0.2) is 4.98 Å². The molecule has 0 radical (unpaired) electrons. The SMILES string of the molecule is Cc1ccc(NS(=O)(=O)c2ncn(C)c2Cl)cc1Br. The molecule has 0 spiro atoms. The number of nitrogens with zero attached hydrogens (tertiary/aromatic N) is 2. The van der Waals surface area contributed by atoms with Crippen LogP contribution in [0.1, 0.15) is 5.56 Å². The Hall–Kier alpha value is -1.05. The molecule has 1 aromatic carbocycles. The summed E-state index contributed by atoms with van der Waals surface area (Å²) in [4.78, 5) is 3.79. The van der Waals surface area contributed by atoms with Gasteiger partial charge in [0.05, 0.1) is 12.0 Å². The largest absolute Gasteiger partial charge is 0.324 e. The van der Waals surface area contributed by atoms with Crippen molar-refractivity contribution >= 4 is 43.2 Å². The van der Waals surface area contributed by atoms with Crippen molar-refractivity contribution < 1.29 is 8.42 Å². The number of aromatic nitrogens is 2. The predicted molar refractivity (Wildman–Crippen MR) is 77.9 cm³/mol. The average Bonchev–Trinajstić information content (AvgIpc) is 2.65. The van der Waals surface area contributed by atoms with E-state index in [1.165, 1.54) is 10.9 Å². The monoisotopic (exact) mass is 363 g/mol. The van der Waals surface area contributed by atoms with E-state index < -0.39 is 10.0 Å². The van der Waals surface area contributed by atoms with Crippen molar-refractivity contribution in [2.24, 2.45) is 7.05 Å². The van der Waals surface area contributed by atoms with Gasteiger partial charge < -0.3 is 4.57 Å². The molecule has 2 aromatic rings. The lowest BCUT2D eigenvalue weighted by Gasteiger charge is -2.08. The third kappa shape index (κ3) is 2.93. The number of aryl methyl sites for hydroxylation is 2. The fraction of sp³-hybridized carbons (Fsp3) is 0.182. The highest BCUT2D eigenvalue weighted by atomic mass is 79.9. The maximum absolute atomic E-state index is 12.1. The number of hydrogen-bond donors (Lipinski definition) is 1. The second-order valence-electron chi connectivity index (χ2n) is 4.02. The molecule has 0 fully saturated rings. The molecule has 2 rings (SSSR count). The average molecular weight is 365 g/mol. The lowest BCUT2D eigenvalue weighted by atomic mass is 10.2. The Bertz CT molecular complexity index is 728. The quantitative estimate of drug-likeness (QED) is 0.910. The van der Waals surface area contributed by atoms with Gasteiger partial charge in [0.1, 0.15) is 5.15 Å². The van der Waals surface area contributed by atoms with Gasteiger partial charge in [-0.2, -0.15) is 8.42 Å². The summed E-state index contributed by atoms with van der Waals surface area (Å²) in [5.41, 5.74) is 1.46. The highest BCUT2D eigenvalue weighted by Gasteiger charge is 2.22. The number of nitrogens with one attached hydrogen (secondary N) is 1. The van der Waals surface area contributed by atoms with Crippen LogP contribution in [0.2, 0.25) is 5.15 Å². The second-order valence-corrected chi connectivity index (χ2v) is 6.83. The molecule has 1 N–H and O–H groups in total. The van der Waals surface area contributed by atoms with E-state index in [4.69, 9.17) is 11.6 Å². The number of benzene rings is 1. The maximum Gasteiger partial charge on any atom is 0.282 e. The zero-order valence-electron chi connectivity index (χ0n) is 10.2. The molecule has 0 saturated carbocycles. The molecule has 1 heterocycles. The van der Waals surface area contributed by atoms with E-state index in [0.29, 0.717) is 5.69 Å². The van der Waals surface area contributed by atoms with E-state index in [0.717, 1.165) is 10.0 Å². The molecule has 0 aliphatic heterocycles. The van der Waals surface area contributed by atoms with E-state index in [9.17, 15) is 8.42 Å². The first kappa shape index (κ1) is 14.4. The molecule has 0 amide bonds. The van der Waals surface area contributed by atoms with Crippen LogP contribution >= 0.6 is 27.5 Å². The van der Waals surface area contributed by atoms with Gasteiger partial charge in [-0.15, -0.1) is 0 Å². The van der Waals surface area contributed by atoms with E-state index >= 15 is 0 Å². The van der Waals surface area contributed by atoms with Gasteiger partial charge in [0, 0.05) is 11.5 Å². The van der Waals surface area contributed by atoms with Gasteiger partial charge in [-0.3, -0.25) is 4.72 Å². The summed E-state index contributed by atoms with van der Waals surface area (Å²) < 4.78 is 29.0. The first-order valence-electron chi connectivity index (χ1n) is 5.27. The molecule has 0 aliphatic rings. The Labute approximate surface area is 124 Å². The third-order valence-electron chi connectivity index (χ3n) is 2.51. The standard InChI is InChI=1S/C11H11BrClN3O2S/c1-7-3-4-8(5-9(7)12)15-19(17,18)11-10(13)16(2)6-14-11/h3-6,15H,1-2H3. The molecule has 0 unspecified atom stereocenters. The molecular weight excluding hydrogens is 354 g/mol. The number of halogens is 2. The van der Waals surface area contributed by atoms with E-state index in [-0.39, 0.29) is 10.2 Å². The Morgan fingerprint density at radius 1 is 1.42 bits per heavy atom. The number of sulfonamides is 1. The molecule has 8 heteroatoms. The van der Waals surface area contributed by atoms with Crippen LogP contribution in [0.4, 0.5) is 5.69 Å². The van der Waals surface area contributed by atoms with Gasteiger partial charge in [0.15, 0.2) is 0 Å². The summed E-state index contributed by atoms with van der Waals surface area (Å²) in [6.45, 7) is 1.91. The highest BCUT2D eigenvalue weighted by Crippen LogP contribution is 2.25. The Balaban J connectivity index is 2.36. The molecule has 0 aliphatic carbocycles. The van der Waals surface area contributed by atoms with Crippen LogP contribution in [0.5, 0.6) is 0 Å². The molecule has 102 valence electrons. The topological polar surface area (TPSA) is 64.0 Å². The number of anilines is 1. The van der Waals surface area contributed by atoms with Crippen molar-refractivity contribution in [3.63, 3.8) is 0 Å². The van der Waals surface area contributed by atoms with Crippen LogP contribution < -0.4 is 4.72 Å². The normalized spacial score (nSPS) is 11.6. The van der Waals surface area contributed by atoms with Crippen molar-refractivity contribution in [3.8, 4) is 0 Å². The predicted octanol–water partition coefficient (Wildman–Crippen LogP) is 2.95. The minimum Gasteiger partial charge on any atom is -0.324 e. The van der Waals surface area contributed by atoms with Crippen molar-refractivity contribution in [1.29, 1.82) is 0 Å². The molecule has 0 saturated heterocycles. The van der Waals surface area contributed by atoms with Crippen LogP contribution in [-0.4, -0.2) is 18.0 Å². The van der Waals surface area contributed by atoms with Crippen molar-refractivity contribution in [2.45, 2.75) is 11.9 Å². The summed E-state index contributed by atoms with van der Waals surface area (Å²) in [5, 5.41) is -0.118. The fourth-order valence-corrected chi connectivity index (χ4v) is 3.30. The van der Waals surface area contributed by atoms with Crippen LogP contribution in [0, 0.1) is 6.92 Å². The zero-order chi connectivity index (χ0) is 14.2. The zero-order valence-corrected chi connectivity index (χ0v) is 13.3. The second kappa shape index (κ2) is 5.15. The van der Waals surface area contributed by atoms with Gasteiger partial charge in [0.25, 0.3) is 10.0 Å². The van der Waals surface area contributed by atoms with Crippen LogP contribution in [0.3, 0.4) is 0 Å². The Morgan fingerprint density at radius 3 is 2.63 bits per heavy atom. The molecular formula is C11H11BrClN3O2S. The maximum atomic E-state index is 12.1. The highest BCUT2D eigenvalue weighted by molar-refractivity contribution is 9.10. The van der Waals surface area contributed by atoms with Gasteiger partial charge in [0.2, 0.25) is 5.03 Å². The summed E-state index contributed by atoms with van der Waals surface area (Å²) in [6, 6.07) is 5.17. The van der Waals surface area contributed by atoms with Crippen molar-refractivity contribution in [2.75, 3.05) is 4.72 Å². The minimum absolute atomic E-state index is 0.0682. The van der Waals surface area contributed by atoms with E-state index in [1.807, 2.05) is 13.0 Å². The third-order valence-corrected chi connectivity index (χ3v) is 5.24. The molecule has 5 nitrogen and oxygen atoms in total. The minimum atomic E-state index is -3.79. The van der Waals surface area contributed by atoms with Gasteiger partial charge >= 0.3 is 0 Å². The Morgan fingerprint density at radius 2 is 2.11 bits per heavy atom. The lowest BCUT2D eigenvalue weighted by molar-refractivity contribution is 0.598. The van der Waals surface area contributed by atoms with Gasteiger partial charge in [-0.05, 0) is 24.6 Å². The number of hydrogen-bond acceptors (Lipinski definition) is 3. The summed E-state index contributed by atoms with van der Waals surface area (Å²) in [5.74, 6) is 0.